The lowest BCUT2D eigenvalue weighted by Gasteiger charge is -2.25. The Bertz CT molecular complexity index is 700. The largest absolute Gasteiger partial charge is 0.494 e. The van der Waals surface area contributed by atoms with Crippen molar-refractivity contribution in [2.24, 2.45) is 0 Å². The Labute approximate surface area is 156 Å². The molecule has 0 unspecified atom stereocenters. The number of carbonyl (C=O) groups excluding carboxylic acids is 1. The van der Waals surface area contributed by atoms with E-state index in [1.54, 1.807) is 0 Å². The zero-order valence-corrected chi connectivity index (χ0v) is 15.7. The smallest absolute Gasteiger partial charge is 0.234 e. The van der Waals surface area contributed by atoms with Gasteiger partial charge in [-0.2, -0.15) is 0 Å². The number of hydrogen-bond acceptors (Lipinski definition) is 3. The quantitative estimate of drug-likeness (QED) is 0.816. The molecule has 2 aromatic rings. The summed E-state index contributed by atoms with van der Waals surface area (Å²) < 4.78 is 5.52. The minimum atomic E-state index is 0.0234. The van der Waals surface area contributed by atoms with E-state index in [1.807, 2.05) is 56.3 Å². The summed E-state index contributed by atoms with van der Waals surface area (Å²) in [5.41, 5.74) is 2.39. The van der Waals surface area contributed by atoms with E-state index in [0.29, 0.717) is 19.2 Å². The van der Waals surface area contributed by atoms with Crippen LogP contribution < -0.4 is 10.1 Å². The van der Waals surface area contributed by atoms with Gasteiger partial charge in [-0.05, 0) is 56.5 Å². The molecule has 0 spiro atoms. The summed E-state index contributed by atoms with van der Waals surface area (Å²) in [6, 6.07) is 18.7. The highest BCUT2D eigenvalue weighted by Gasteiger charge is 2.27. The topological polar surface area (TPSA) is 41.6 Å². The monoisotopic (exact) mass is 352 g/mol. The van der Waals surface area contributed by atoms with Crippen molar-refractivity contribution in [3.63, 3.8) is 0 Å². The van der Waals surface area contributed by atoms with Gasteiger partial charge in [-0.1, -0.05) is 42.5 Å². The molecule has 0 saturated carbocycles. The maximum absolute atomic E-state index is 12.5. The zero-order valence-electron chi connectivity index (χ0n) is 15.7. The number of hydrogen-bond donors (Lipinski definition) is 1. The second-order valence-electron chi connectivity index (χ2n) is 6.83. The van der Waals surface area contributed by atoms with Gasteiger partial charge in [-0.25, -0.2) is 0 Å². The number of benzene rings is 2. The summed E-state index contributed by atoms with van der Waals surface area (Å²) in [5, 5.41) is 3.12. The van der Waals surface area contributed by atoms with Crippen molar-refractivity contribution in [2.75, 3.05) is 19.7 Å². The lowest BCUT2D eigenvalue weighted by molar-refractivity contribution is -0.123. The first kappa shape index (κ1) is 18.5. The average Bonchev–Trinajstić information content (AvgIpc) is 3.11. The van der Waals surface area contributed by atoms with Crippen LogP contribution in [-0.2, 0) is 4.79 Å². The molecule has 4 heteroatoms. The summed E-state index contributed by atoms with van der Waals surface area (Å²) in [4.78, 5) is 14.8. The molecule has 2 aromatic carbocycles. The normalized spacial score (nSPS) is 18.5. The minimum Gasteiger partial charge on any atom is -0.494 e. The second kappa shape index (κ2) is 8.86. The maximum Gasteiger partial charge on any atom is 0.234 e. The molecule has 0 aromatic heterocycles. The number of rotatable bonds is 7. The number of carbonyl (C=O) groups is 1. The molecule has 2 atom stereocenters. The molecule has 1 aliphatic heterocycles. The Morgan fingerprint density at radius 2 is 1.92 bits per heavy atom. The number of amides is 1. The van der Waals surface area contributed by atoms with Crippen LogP contribution in [0.4, 0.5) is 0 Å². The molecule has 1 N–H and O–H groups in total. The maximum atomic E-state index is 12.5. The molecular weight excluding hydrogens is 324 g/mol. The van der Waals surface area contributed by atoms with Crippen LogP contribution in [0.2, 0.25) is 0 Å². The molecular formula is C22H28N2O2. The second-order valence-corrected chi connectivity index (χ2v) is 6.83. The van der Waals surface area contributed by atoms with Gasteiger partial charge in [0.1, 0.15) is 5.75 Å². The van der Waals surface area contributed by atoms with Crippen LogP contribution in [0, 0.1) is 0 Å². The number of ether oxygens (including phenoxy) is 1. The molecule has 1 saturated heterocycles. The summed E-state index contributed by atoms with van der Waals surface area (Å²) in [7, 11) is 0. The summed E-state index contributed by atoms with van der Waals surface area (Å²) in [6.07, 6.45) is 2.22. The van der Waals surface area contributed by atoms with Gasteiger partial charge in [0.25, 0.3) is 0 Å². The molecule has 1 amide bonds. The van der Waals surface area contributed by atoms with Crippen molar-refractivity contribution in [2.45, 2.75) is 38.8 Å². The zero-order chi connectivity index (χ0) is 18.4. The molecule has 138 valence electrons. The van der Waals surface area contributed by atoms with Crippen LogP contribution >= 0.6 is 0 Å². The molecule has 1 aliphatic rings. The standard InChI is InChI=1S/C22H28N2O2/c1-3-26-20-13-11-19(12-14-20)21-10-7-15-24(21)16-22(25)23-17(2)18-8-5-4-6-9-18/h4-6,8-9,11-14,17,21H,3,7,10,15-16H2,1-2H3,(H,23,25)/t17-,21-/m1/s1. The van der Waals surface area contributed by atoms with Crippen molar-refractivity contribution in [1.82, 2.24) is 10.2 Å². The minimum absolute atomic E-state index is 0.0234. The fourth-order valence-corrected chi connectivity index (χ4v) is 3.64. The van der Waals surface area contributed by atoms with E-state index in [0.717, 1.165) is 30.7 Å². The van der Waals surface area contributed by atoms with Gasteiger partial charge in [-0.15, -0.1) is 0 Å². The van der Waals surface area contributed by atoms with Gasteiger partial charge in [0.2, 0.25) is 5.91 Å². The fourth-order valence-electron chi connectivity index (χ4n) is 3.64. The van der Waals surface area contributed by atoms with Crippen LogP contribution in [0.25, 0.3) is 0 Å². The molecule has 1 fully saturated rings. The van der Waals surface area contributed by atoms with Crippen LogP contribution in [0.15, 0.2) is 54.6 Å². The Hall–Kier alpha value is -2.33. The van der Waals surface area contributed by atoms with Gasteiger partial charge >= 0.3 is 0 Å². The third-order valence-electron chi connectivity index (χ3n) is 4.96. The first-order valence-electron chi connectivity index (χ1n) is 9.48. The van der Waals surface area contributed by atoms with Crippen LogP contribution in [0.5, 0.6) is 5.75 Å². The Morgan fingerprint density at radius 3 is 2.62 bits per heavy atom. The number of likely N-dealkylation sites (tertiary alicyclic amines) is 1. The van der Waals surface area contributed by atoms with E-state index in [9.17, 15) is 4.79 Å². The molecule has 1 heterocycles. The van der Waals surface area contributed by atoms with Crippen LogP contribution in [-0.4, -0.2) is 30.5 Å². The van der Waals surface area contributed by atoms with Gasteiger partial charge in [0.15, 0.2) is 0 Å². The van der Waals surface area contributed by atoms with Gasteiger partial charge in [0, 0.05) is 6.04 Å². The van der Waals surface area contributed by atoms with Crippen molar-refractivity contribution in [3.05, 3.63) is 65.7 Å². The van der Waals surface area contributed by atoms with Crippen molar-refractivity contribution < 1.29 is 9.53 Å². The molecule has 0 bridgehead atoms. The van der Waals surface area contributed by atoms with Gasteiger partial charge in [0.05, 0.1) is 19.2 Å². The van der Waals surface area contributed by atoms with E-state index >= 15 is 0 Å². The number of nitrogens with one attached hydrogen (secondary N) is 1. The van der Waals surface area contributed by atoms with Crippen molar-refractivity contribution >= 4 is 5.91 Å². The predicted octanol–water partition coefficient (Wildman–Crippen LogP) is 4.10. The lowest BCUT2D eigenvalue weighted by Crippen LogP contribution is -2.38. The van der Waals surface area contributed by atoms with Crippen molar-refractivity contribution in [1.29, 1.82) is 0 Å². The Kier molecular flexibility index (Phi) is 6.29. The van der Waals surface area contributed by atoms with E-state index in [1.165, 1.54) is 5.56 Å². The molecule has 0 radical (unpaired) electrons. The van der Waals surface area contributed by atoms with E-state index < -0.39 is 0 Å². The highest BCUT2D eigenvalue weighted by molar-refractivity contribution is 5.78. The van der Waals surface area contributed by atoms with Gasteiger partial charge < -0.3 is 10.1 Å². The highest BCUT2D eigenvalue weighted by Crippen LogP contribution is 2.32. The van der Waals surface area contributed by atoms with E-state index in [4.69, 9.17) is 4.74 Å². The third-order valence-corrected chi connectivity index (χ3v) is 4.96. The lowest BCUT2D eigenvalue weighted by atomic mass is 10.0. The molecule has 0 aliphatic carbocycles. The Balaban J connectivity index is 1.58. The molecule has 26 heavy (non-hydrogen) atoms. The van der Waals surface area contributed by atoms with Gasteiger partial charge in [-0.3, -0.25) is 9.69 Å². The van der Waals surface area contributed by atoms with Crippen molar-refractivity contribution in [3.8, 4) is 5.75 Å². The SMILES string of the molecule is CCOc1ccc([C@H]2CCCN2CC(=O)N[C@H](C)c2ccccc2)cc1. The summed E-state index contributed by atoms with van der Waals surface area (Å²) in [5.74, 6) is 0.981. The first-order valence-corrected chi connectivity index (χ1v) is 9.48. The average molecular weight is 352 g/mol. The Morgan fingerprint density at radius 1 is 1.19 bits per heavy atom. The predicted molar refractivity (Wildman–Crippen MR) is 104 cm³/mol. The summed E-state index contributed by atoms with van der Waals surface area (Å²) in [6.45, 7) is 6.09. The first-order chi connectivity index (χ1) is 12.7. The molecule has 3 rings (SSSR count). The fraction of sp³-hybridized carbons (Fsp3) is 0.409. The van der Waals surface area contributed by atoms with Crippen LogP contribution in [0.1, 0.15) is 49.9 Å². The van der Waals surface area contributed by atoms with Crippen LogP contribution in [0.3, 0.4) is 0 Å². The van der Waals surface area contributed by atoms with E-state index in [2.05, 4.69) is 22.3 Å². The third kappa shape index (κ3) is 4.64. The summed E-state index contributed by atoms with van der Waals surface area (Å²) >= 11 is 0. The number of nitrogens with zero attached hydrogens (tertiary/aromatic N) is 1. The van der Waals surface area contributed by atoms with E-state index in [-0.39, 0.29) is 11.9 Å². The highest BCUT2D eigenvalue weighted by atomic mass is 16.5. The molecule has 4 nitrogen and oxygen atoms in total.